The van der Waals surface area contributed by atoms with Crippen molar-refractivity contribution >= 4 is 6.03 Å². The lowest BCUT2D eigenvalue weighted by Gasteiger charge is -2.39. The van der Waals surface area contributed by atoms with Crippen LogP contribution in [0.3, 0.4) is 0 Å². The highest BCUT2D eigenvalue weighted by atomic mass is 16.7. The molecule has 3 aromatic carbocycles. The molecule has 40 heavy (non-hydrogen) atoms. The lowest BCUT2D eigenvalue weighted by Crippen LogP contribution is -2.41. The fourth-order valence-electron chi connectivity index (χ4n) is 5.64. The molecule has 2 saturated heterocycles. The smallest absolute Gasteiger partial charge is 0.315 e. The van der Waals surface area contributed by atoms with E-state index in [1.54, 1.807) is 0 Å². The summed E-state index contributed by atoms with van der Waals surface area (Å²) in [7, 11) is 0. The van der Waals surface area contributed by atoms with E-state index < -0.39 is 6.29 Å². The summed E-state index contributed by atoms with van der Waals surface area (Å²) in [6, 6.07) is 24.4. The average molecular weight is 544 g/mol. The second-order valence-corrected chi connectivity index (χ2v) is 10.7. The molecule has 0 radical (unpaired) electrons. The summed E-state index contributed by atoms with van der Waals surface area (Å²) >= 11 is 0. The summed E-state index contributed by atoms with van der Waals surface area (Å²) in [5.41, 5.74) is 6.21. The number of rotatable bonds is 9. The van der Waals surface area contributed by atoms with E-state index in [0.29, 0.717) is 13.1 Å². The van der Waals surface area contributed by atoms with Crippen molar-refractivity contribution < 1.29 is 19.4 Å². The van der Waals surface area contributed by atoms with Crippen molar-refractivity contribution in [2.75, 3.05) is 26.2 Å². The van der Waals surface area contributed by atoms with Crippen molar-refractivity contribution in [3.63, 3.8) is 0 Å². The molecule has 2 fully saturated rings. The van der Waals surface area contributed by atoms with E-state index in [-0.39, 0.29) is 24.8 Å². The molecule has 212 valence electrons. The Kier molecular flexibility index (Phi) is 9.84. The van der Waals surface area contributed by atoms with Crippen LogP contribution in [0.2, 0.25) is 0 Å². The van der Waals surface area contributed by atoms with Crippen LogP contribution in [0.15, 0.2) is 72.8 Å². The Morgan fingerprint density at radius 1 is 0.900 bits per heavy atom. The second-order valence-electron chi connectivity index (χ2n) is 10.7. The first-order valence-electron chi connectivity index (χ1n) is 14.6. The Bertz CT molecular complexity index is 1230. The number of ether oxygens (including phenoxy) is 2. The van der Waals surface area contributed by atoms with Crippen LogP contribution in [0.4, 0.5) is 4.79 Å². The number of carbonyl (C=O) groups is 1. The SMILES string of the molecule is CCNC(=O)NCc1ccccc1-c1ccc([C@H]2O[C@@H](CN3CCCCC3)C[C@@H](c3ccc(CO)cc3)O2)cc1. The number of carbonyl (C=O) groups excluding carboxylic acids is 1. The number of urea groups is 1. The van der Waals surface area contributed by atoms with Crippen LogP contribution in [0.25, 0.3) is 11.1 Å². The van der Waals surface area contributed by atoms with E-state index in [1.165, 1.54) is 19.3 Å². The van der Waals surface area contributed by atoms with Crippen molar-refractivity contribution in [2.24, 2.45) is 0 Å². The number of likely N-dealkylation sites (tertiary alicyclic amines) is 1. The number of aliphatic hydroxyl groups excluding tert-OH is 1. The lowest BCUT2D eigenvalue weighted by molar-refractivity contribution is -0.253. The van der Waals surface area contributed by atoms with Gasteiger partial charge in [0.15, 0.2) is 6.29 Å². The first-order valence-corrected chi connectivity index (χ1v) is 14.6. The zero-order valence-corrected chi connectivity index (χ0v) is 23.4. The lowest BCUT2D eigenvalue weighted by atomic mass is 9.97. The van der Waals surface area contributed by atoms with Crippen molar-refractivity contribution in [3.8, 4) is 11.1 Å². The highest BCUT2D eigenvalue weighted by Gasteiger charge is 2.33. The highest BCUT2D eigenvalue weighted by molar-refractivity contribution is 5.74. The molecule has 0 spiro atoms. The maximum Gasteiger partial charge on any atom is 0.315 e. The van der Waals surface area contributed by atoms with Gasteiger partial charge in [0.1, 0.15) is 0 Å². The van der Waals surface area contributed by atoms with Gasteiger partial charge in [-0.15, -0.1) is 0 Å². The quantitative estimate of drug-likeness (QED) is 0.323. The summed E-state index contributed by atoms with van der Waals surface area (Å²) in [4.78, 5) is 14.5. The van der Waals surface area contributed by atoms with E-state index in [9.17, 15) is 9.90 Å². The number of amides is 2. The van der Waals surface area contributed by atoms with E-state index in [2.05, 4.69) is 58.0 Å². The molecule has 3 atom stereocenters. The van der Waals surface area contributed by atoms with Crippen LogP contribution >= 0.6 is 0 Å². The largest absolute Gasteiger partial charge is 0.392 e. The predicted octanol–water partition coefficient (Wildman–Crippen LogP) is 5.70. The molecule has 0 unspecified atom stereocenters. The van der Waals surface area contributed by atoms with Crippen molar-refractivity contribution in [2.45, 2.75) is 64.3 Å². The molecular weight excluding hydrogens is 502 g/mol. The van der Waals surface area contributed by atoms with Gasteiger partial charge in [-0.25, -0.2) is 4.79 Å². The minimum Gasteiger partial charge on any atom is -0.392 e. The summed E-state index contributed by atoms with van der Waals surface area (Å²) in [6.07, 6.45) is 4.14. The standard InChI is InChI=1S/C33H41N3O4/c1-2-34-33(38)35-21-28-8-4-5-9-30(28)25-14-16-27(17-15-25)32-39-29(22-36-18-6-3-7-19-36)20-31(40-32)26-12-10-24(23-37)11-13-26/h4-5,8-17,29,31-32,37H,2-3,6-7,18-23H2,1H3,(H2,34,35,38)/t29-,31+,32+/m1/s1. The van der Waals surface area contributed by atoms with Gasteiger partial charge in [-0.05, 0) is 60.7 Å². The van der Waals surface area contributed by atoms with Crippen molar-refractivity contribution in [1.29, 1.82) is 0 Å². The van der Waals surface area contributed by atoms with Gasteiger partial charge < -0.3 is 30.1 Å². The zero-order valence-electron chi connectivity index (χ0n) is 23.4. The molecule has 2 aliphatic heterocycles. The zero-order chi connectivity index (χ0) is 27.7. The van der Waals surface area contributed by atoms with Crippen LogP contribution in [-0.4, -0.2) is 48.3 Å². The van der Waals surface area contributed by atoms with Crippen LogP contribution in [0, 0.1) is 0 Å². The first-order chi connectivity index (χ1) is 19.6. The van der Waals surface area contributed by atoms with E-state index in [4.69, 9.17) is 9.47 Å². The van der Waals surface area contributed by atoms with Crippen molar-refractivity contribution in [3.05, 3.63) is 95.1 Å². The molecule has 0 aliphatic carbocycles. The van der Waals surface area contributed by atoms with E-state index in [0.717, 1.165) is 59.4 Å². The molecular formula is C33H41N3O4. The minimum absolute atomic E-state index is 0.0343. The molecule has 5 rings (SSSR count). The van der Waals surface area contributed by atoms with Crippen LogP contribution < -0.4 is 10.6 Å². The average Bonchev–Trinajstić information content (AvgIpc) is 3.01. The van der Waals surface area contributed by atoms with Crippen molar-refractivity contribution in [1.82, 2.24) is 15.5 Å². The molecule has 7 heteroatoms. The molecule has 0 bridgehead atoms. The number of hydrogen-bond acceptors (Lipinski definition) is 5. The molecule has 2 heterocycles. The number of aliphatic hydroxyl groups is 1. The summed E-state index contributed by atoms with van der Waals surface area (Å²) in [5, 5.41) is 15.2. The Morgan fingerprint density at radius 3 is 2.35 bits per heavy atom. The van der Waals surface area contributed by atoms with Gasteiger partial charge in [0.2, 0.25) is 0 Å². The normalized spacial score (nSPS) is 21.6. The van der Waals surface area contributed by atoms with Crippen LogP contribution in [0.1, 0.15) is 67.3 Å². The minimum atomic E-state index is -0.463. The Balaban J connectivity index is 1.33. The third kappa shape index (κ3) is 7.29. The van der Waals surface area contributed by atoms with Crippen LogP contribution in [0.5, 0.6) is 0 Å². The maximum atomic E-state index is 11.9. The molecule has 3 aromatic rings. The van der Waals surface area contributed by atoms with Gasteiger partial charge in [-0.2, -0.15) is 0 Å². The van der Waals surface area contributed by atoms with Gasteiger partial charge in [-0.3, -0.25) is 0 Å². The number of piperidine rings is 1. The molecule has 0 saturated carbocycles. The van der Waals surface area contributed by atoms with Crippen LogP contribution in [-0.2, 0) is 22.6 Å². The molecule has 0 aromatic heterocycles. The molecule has 3 N–H and O–H groups in total. The Hall–Kier alpha value is -3.23. The summed E-state index contributed by atoms with van der Waals surface area (Å²) in [6.45, 7) is 6.15. The van der Waals surface area contributed by atoms with E-state index >= 15 is 0 Å². The van der Waals surface area contributed by atoms with E-state index in [1.807, 2.05) is 37.3 Å². The summed E-state index contributed by atoms with van der Waals surface area (Å²) in [5.74, 6) is 0. The second kappa shape index (κ2) is 13.9. The Morgan fingerprint density at radius 2 is 1.62 bits per heavy atom. The van der Waals surface area contributed by atoms with Gasteiger partial charge in [0, 0.05) is 31.6 Å². The fraction of sp³-hybridized carbons (Fsp3) is 0.424. The highest BCUT2D eigenvalue weighted by Crippen LogP contribution is 2.39. The Labute approximate surface area is 237 Å². The summed E-state index contributed by atoms with van der Waals surface area (Å²) < 4.78 is 13.1. The third-order valence-corrected chi connectivity index (χ3v) is 7.81. The van der Waals surface area contributed by atoms with Gasteiger partial charge in [-0.1, -0.05) is 79.2 Å². The third-order valence-electron chi connectivity index (χ3n) is 7.81. The number of hydrogen-bond donors (Lipinski definition) is 3. The molecule has 2 aliphatic rings. The first kappa shape index (κ1) is 28.3. The predicted molar refractivity (Wildman–Crippen MR) is 157 cm³/mol. The maximum absolute atomic E-state index is 11.9. The number of benzene rings is 3. The number of nitrogens with one attached hydrogen (secondary N) is 2. The van der Waals surface area contributed by atoms with Gasteiger partial charge >= 0.3 is 6.03 Å². The monoisotopic (exact) mass is 543 g/mol. The molecule has 7 nitrogen and oxygen atoms in total. The fourth-order valence-corrected chi connectivity index (χ4v) is 5.64. The topological polar surface area (TPSA) is 83.1 Å². The van der Waals surface area contributed by atoms with Gasteiger partial charge in [0.05, 0.1) is 18.8 Å². The number of nitrogens with zero attached hydrogens (tertiary/aromatic N) is 1. The van der Waals surface area contributed by atoms with Gasteiger partial charge in [0.25, 0.3) is 0 Å². The molecule has 2 amide bonds.